The maximum atomic E-state index is 12.0. The monoisotopic (exact) mass is 290 g/mol. The number of benzene rings is 1. The molecule has 1 aromatic heterocycles. The molecule has 104 valence electrons. The number of carbonyl (C=O) groups excluding carboxylic acids is 1. The van der Waals surface area contributed by atoms with E-state index in [1.54, 1.807) is 25.3 Å². The number of thiazole rings is 1. The molecule has 1 amide bonds. The summed E-state index contributed by atoms with van der Waals surface area (Å²) in [4.78, 5) is 27.6. The van der Waals surface area contributed by atoms with Crippen LogP contribution in [0, 0.1) is 6.92 Å². The molecule has 1 aromatic carbocycles. The van der Waals surface area contributed by atoms with E-state index < -0.39 is 5.97 Å². The van der Waals surface area contributed by atoms with Crippen LogP contribution in [-0.2, 0) is 6.42 Å². The Labute approximate surface area is 120 Å². The fourth-order valence-corrected chi connectivity index (χ4v) is 2.51. The lowest BCUT2D eigenvalue weighted by Gasteiger charge is -2.06. The molecule has 5 nitrogen and oxygen atoms in total. The minimum atomic E-state index is -0.976. The quantitative estimate of drug-likeness (QED) is 0.907. The van der Waals surface area contributed by atoms with Crippen LogP contribution in [0.25, 0.3) is 0 Å². The number of nitrogens with zero attached hydrogens (tertiary/aromatic N) is 1. The third-order valence-corrected chi connectivity index (χ3v) is 3.93. The van der Waals surface area contributed by atoms with E-state index in [0.717, 1.165) is 11.4 Å². The summed E-state index contributed by atoms with van der Waals surface area (Å²) >= 11 is 1.36. The number of anilines is 1. The van der Waals surface area contributed by atoms with Gasteiger partial charge in [-0.15, -0.1) is 11.3 Å². The van der Waals surface area contributed by atoms with Gasteiger partial charge in [-0.2, -0.15) is 0 Å². The number of carboxylic acid groups (broad SMARTS) is 1. The van der Waals surface area contributed by atoms with E-state index >= 15 is 0 Å². The largest absolute Gasteiger partial charge is 0.478 e. The minimum Gasteiger partial charge on any atom is -0.478 e. The molecule has 0 aliphatic rings. The standard InChI is InChI=1S/C14H14N2O3S/c1-3-12-15-7-11(20-12)13(17)16-9-4-5-10(14(18)19)8(2)6-9/h4-7H,3H2,1-2H3,(H,16,17)(H,18,19). The summed E-state index contributed by atoms with van der Waals surface area (Å²) in [6.07, 6.45) is 2.35. The molecule has 0 aliphatic carbocycles. The van der Waals surface area contributed by atoms with Crippen LogP contribution in [0.1, 0.15) is 37.5 Å². The van der Waals surface area contributed by atoms with Crippen molar-refractivity contribution in [1.29, 1.82) is 0 Å². The van der Waals surface area contributed by atoms with Gasteiger partial charge in [0.05, 0.1) is 16.8 Å². The van der Waals surface area contributed by atoms with Gasteiger partial charge in [0, 0.05) is 5.69 Å². The zero-order valence-corrected chi connectivity index (χ0v) is 12.0. The molecule has 0 saturated carbocycles. The fraction of sp³-hybridized carbons (Fsp3) is 0.214. The highest BCUT2D eigenvalue weighted by atomic mass is 32.1. The zero-order chi connectivity index (χ0) is 14.7. The van der Waals surface area contributed by atoms with Crippen LogP contribution >= 0.6 is 11.3 Å². The first-order chi connectivity index (χ1) is 9.51. The van der Waals surface area contributed by atoms with Gasteiger partial charge in [0.1, 0.15) is 4.88 Å². The first-order valence-electron chi connectivity index (χ1n) is 6.11. The highest BCUT2D eigenvalue weighted by Gasteiger charge is 2.12. The van der Waals surface area contributed by atoms with Gasteiger partial charge in [-0.3, -0.25) is 4.79 Å². The molecule has 6 heteroatoms. The van der Waals surface area contributed by atoms with Gasteiger partial charge < -0.3 is 10.4 Å². The number of amides is 1. The molecule has 0 spiro atoms. The third-order valence-electron chi connectivity index (χ3n) is 2.79. The van der Waals surface area contributed by atoms with Crippen molar-refractivity contribution in [2.75, 3.05) is 5.32 Å². The van der Waals surface area contributed by atoms with Crippen molar-refractivity contribution in [1.82, 2.24) is 4.98 Å². The fourth-order valence-electron chi connectivity index (χ4n) is 1.75. The van der Waals surface area contributed by atoms with Gasteiger partial charge in [-0.1, -0.05) is 6.92 Å². The molecule has 0 unspecified atom stereocenters. The van der Waals surface area contributed by atoms with Gasteiger partial charge in [0.2, 0.25) is 0 Å². The maximum Gasteiger partial charge on any atom is 0.335 e. The van der Waals surface area contributed by atoms with Crippen LogP contribution in [0.3, 0.4) is 0 Å². The number of aromatic nitrogens is 1. The lowest BCUT2D eigenvalue weighted by Crippen LogP contribution is -2.11. The molecule has 0 radical (unpaired) electrons. The minimum absolute atomic E-state index is 0.231. The van der Waals surface area contributed by atoms with E-state index in [1.165, 1.54) is 17.4 Å². The van der Waals surface area contributed by atoms with Gasteiger partial charge in [0.25, 0.3) is 5.91 Å². The predicted octanol–water partition coefficient (Wildman–Crippen LogP) is 2.96. The summed E-state index contributed by atoms with van der Waals surface area (Å²) in [6, 6.07) is 4.71. The Morgan fingerprint density at radius 2 is 2.15 bits per heavy atom. The summed E-state index contributed by atoms with van der Waals surface area (Å²) < 4.78 is 0. The molecule has 2 rings (SSSR count). The van der Waals surface area contributed by atoms with E-state index in [2.05, 4.69) is 10.3 Å². The second kappa shape index (κ2) is 5.83. The Kier molecular flexibility index (Phi) is 4.14. The first kappa shape index (κ1) is 14.2. The summed E-state index contributed by atoms with van der Waals surface area (Å²) in [5.74, 6) is -1.21. The lowest BCUT2D eigenvalue weighted by atomic mass is 10.1. The summed E-state index contributed by atoms with van der Waals surface area (Å²) in [5, 5.41) is 12.6. The Morgan fingerprint density at radius 3 is 2.70 bits per heavy atom. The third kappa shape index (κ3) is 3.03. The number of aryl methyl sites for hydroxylation is 2. The molecule has 0 bridgehead atoms. The van der Waals surface area contributed by atoms with Crippen LogP contribution in [0.4, 0.5) is 5.69 Å². The number of carbonyl (C=O) groups is 2. The Balaban J connectivity index is 2.15. The smallest absolute Gasteiger partial charge is 0.335 e. The second-order valence-electron chi connectivity index (χ2n) is 4.26. The van der Waals surface area contributed by atoms with Crippen molar-refractivity contribution in [3.63, 3.8) is 0 Å². The van der Waals surface area contributed by atoms with E-state index in [4.69, 9.17) is 5.11 Å². The zero-order valence-electron chi connectivity index (χ0n) is 11.1. The molecule has 0 saturated heterocycles. The van der Waals surface area contributed by atoms with Gasteiger partial charge >= 0.3 is 5.97 Å². The summed E-state index contributed by atoms with van der Waals surface area (Å²) in [5.41, 5.74) is 1.41. The number of rotatable bonds is 4. The SMILES string of the molecule is CCc1ncc(C(=O)Nc2ccc(C(=O)O)c(C)c2)s1. The van der Waals surface area contributed by atoms with E-state index in [1.807, 2.05) is 6.92 Å². The highest BCUT2D eigenvalue weighted by molar-refractivity contribution is 7.13. The number of nitrogens with one attached hydrogen (secondary N) is 1. The van der Waals surface area contributed by atoms with Crippen LogP contribution in [0.2, 0.25) is 0 Å². The van der Waals surface area contributed by atoms with Crippen molar-refractivity contribution >= 4 is 28.9 Å². The van der Waals surface area contributed by atoms with Crippen LogP contribution < -0.4 is 5.32 Å². The molecular weight excluding hydrogens is 276 g/mol. The molecule has 0 fully saturated rings. The Morgan fingerprint density at radius 1 is 1.40 bits per heavy atom. The van der Waals surface area contributed by atoms with Crippen LogP contribution in [0.15, 0.2) is 24.4 Å². The lowest BCUT2D eigenvalue weighted by molar-refractivity contribution is 0.0696. The molecule has 2 N–H and O–H groups in total. The Bertz CT molecular complexity index is 664. The van der Waals surface area contributed by atoms with Gasteiger partial charge in [-0.25, -0.2) is 9.78 Å². The maximum absolute atomic E-state index is 12.0. The van der Waals surface area contributed by atoms with Crippen molar-refractivity contribution in [2.45, 2.75) is 20.3 Å². The summed E-state index contributed by atoms with van der Waals surface area (Å²) in [7, 11) is 0. The molecule has 20 heavy (non-hydrogen) atoms. The molecular formula is C14H14N2O3S. The summed E-state index contributed by atoms with van der Waals surface area (Å²) in [6.45, 7) is 3.68. The van der Waals surface area contributed by atoms with Crippen molar-refractivity contribution in [3.8, 4) is 0 Å². The van der Waals surface area contributed by atoms with E-state index in [-0.39, 0.29) is 11.5 Å². The number of carboxylic acids is 1. The van der Waals surface area contributed by atoms with E-state index in [9.17, 15) is 9.59 Å². The second-order valence-corrected chi connectivity index (χ2v) is 5.38. The van der Waals surface area contributed by atoms with Crippen molar-refractivity contribution in [2.24, 2.45) is 0 Å². The van der Waals surface area contributed by atoms with Crippen LogP contribution in [-0.4, -0.2) is 22.0 Å². The average Bonchev–Trinajstić information content (AvgIpc) is 2.87. The molecule has 2 aromatic rings. The van der Waals surface area contributed by atoms with Gasteiger partial charge in [-0.05, 0) is 37.1 Å². The molecule has 1 heterocycles. The predicted molar refractivity (Wildman–Crippen MR) is 77.6 cm³/mol. The normalized spacial score (nSPS) is 10.3. The first-order valence-corrected chi connectivity index (χ1v) is 6.93. The Hall–Kier alpha value is -2.21. The van der Waals surface area contributed by atoms with Crippen LogP contribution in [0.5, 0.6) is 0 Å². The molecule has 0 atom stereocenters. The number of aromatic carboxylic acids is 1. The number of hydrogen-bond acceptors (Lipinski definition) is 4. The van der Waals surface area contributed by atoms with E-state index in [0.29, 0.717) is 16.1 Å². The van der Waals surface area contributed by atoms with Crippen molar-refractivity contribution < 1.29 is 14.7 Å². The highest BCUT2D eigenvalue weighted by Crippen LogP contribution is 2.18. The molecule has 0 aliphatic heterocycles. The van der Waals surface area contributed by atoms with Gasteiger partial charge in [0.15, 0.2) is 0 Å². The number of hydrogen-bond donors (Lipinski definition) is 2. The topological polar surface area (TPSA) is 79.3 Å². The van der Waals surface area contributed by atoms with Crippen molar-refractivity contribution in [3.05, 3.63) is 45.4 Å². The average molecular weight is 290 g/mol.